The van der Waals surface area contributed by atoms with Crippen molar-refractivity contribution >= 4 is 0 Å². The van der Waals surface area contributed by atoms with Crippen molar-refractivity contribution in [1.82, 2.24) is 4.90 Å². The van der Waals surface area contributed by atoms with Crippen LogP contribution in [0.2, 0.25) is 0 Å². The van der Waals surface area contributed by atoms with Gasteiger partial charge in [0, 0.05) is 6.04 Å². The number of benzene rings is 1. The molecule has 17 heavy (non-hydrogen) atoms. The summed E-state index contributed by atoms with van der Waals surface area (Å²) >= 11 is 0. The van der Waals surface area contributed by atoms with Gasteiger partial charge in [0.2, 0.25) is 0 Å². The molecule has 1 heteroatoms. The number of aryl methyl sites for hydroxylation is 1. The lowest BCUT2D eigenvalue weighted by atomic mass is 9.82. The fourth-order valence-electron chi connectivity index (χ4n) is 3.53. The number of rotatable bonds is 1. The highest BCUT2D eigenvalue weighted by Gasteiger charge is 2.30. The predicted octanol–water partition coefficient (Wildman–Crippen LogP) is 3.73. The van der Waals surface area contributed by atoms with Gasteiger partial charge in [0.15, 0.2) is 0 Å². The molecular formula is C16H23N. The van der Waals surface area contributed by atoms with Gasteiger partial charge < -0.3 is 4.90 Å². The third-order valence-corrected chi connectivity index (χ3v) is 4.62. The molecule has 0 aromatic heterocycles. The molecule has 2 fully saturated rings. The molecule has 1 aromatic rings. The molecule has 2 heterocycles. The summed E-state index contributed by atoms with van der Waals surface area (Å²) in [7, 11) is 0. The van der Waals surface area contributed by atoms with Crippen LogP contribution in [0.5, 0.6) is 0 Å². The minimum absolute atomic E-state index is 0.815. The van der Waals surface area contributed by atoms with Crippen molar-refractivity contribution in [2.75, 3.05) is 13.1 Å². The van der Waals surface area contributed by atoms with Gasteiger partial charge in [-0.3, -0.25) is 0 Å². The van der Waals surface area contributed by atoms with E-state index in [0.717, 1.165) is 12.0 Å². The molecule has 1 nitrogen and oxygen atoms in total. The Hall–Kier alpha value is -0.820. The zero-order valence-corrected chi connectivity index (χ0v) is 10.9. The maximum Gasteiger partial charge on any atom is 0.0101 e. The zero-order valence-electron chi connectivity index (χ0n) is 10.9. The molecule has 0 aliphatic carbocycles. The second kappa shape index (κ2) is 4.81. The smallest absolute Gasteiger partial charge is 0.0101 e. The first kappa shape index (κ1) is 11.3. The molecule has 2 atom stereocenters. The normalized spacial score (nSPS) is 29.9. The molecule has 0 amide bonds. The van der Waals surface area contributed by atoms with E-state index in [1.165, 1.54) is 50.8 Å². The summed E-state index contributed by atoms with van der Waals surface area (Å²) in [5, 5.41) is 0. The van der Waals surface area contributed by atoms with Crippen LogP contribution in [-0.2, 0) is 0 Å². The van der Waals surface area contributed by atoms with E-state index in [0.29, 0.717) is 0 Å². The molecular weight excluding hydrogens is 206 g/mol. The summed E-state index contributed by atoms with van der Waals surface area (Å²) < 4.78 is 0. The Bertz CT molecular complexity index is 368. The van der Waals surface area contributed by atoms with E-state index >= 15 is 0 Å². The molecule has 2 saturated heterocycles. The average molecular weight is 229 g/mol. The summed E-state index contributed by atoms with van der Waals surface area (Å²) in [5.74, 6) is 0.815. The molecule has 92 valence electrons. The monoisotopic (exact) mass is 229 g/mol. The fourth-order valence-corrected chi connectivity index (χ4v) is 3.53. The van der Waals surface area contributed by atoms with E-state index in [1.807, 2.05) is 0 Å². The summed E-state index contributed by atoms with van der Waals surface area (Å²) in [6.45, 7) is 4.85. The van der Waals surface area contributed by atoms with Crippen molar-refractivity contribution in [3.8, 4) is 0 Å². The first-order chi connectivity index (χ1) is 8.33. The van der Waals surface area contributed by atoms with Gasteiger partial charge in [-0.25, -0.2) is 0 Å². The second-order valence-electron chi connectivity index (χ2n) is 5.82. The van der Waals surface area contributed by atoms with Gasteiger partial charge >= 0.3 is 0 Å². The minimum atomic E-state index is 0.815. The molecule has 0 N–H and O–H groups in total. The highest BCUT2D eigenvalue weighted by atomic mass is 15.2. The molecule has 0 saturated carbocycles. The number of hydrogen-bond donors (Lipinski definition) is 0. The van der Waals surface area contributed by atoms with Crippen molar-refractivity contribution in [2.45, 2.75) is 51.0 Å². The van der Waals surface area contributed by atoms with Crippen LogP contribution < -0.4 is 0 Å². The van der Waals surface area contributed by atoms with Crippen LogP contribution in [0.3, 0.4) is 0 Å². The Balaban J connectivity index is 1.71. The maximum absolute atomic E-state index is 2.73. The van der Waals surface area contributed by atoms with Gasteiger partial charge in [-0.2, -0.15) is 0 Å². The topological polar surface area (TPSA) is 3.24 Å². The van der Waals surface area contributed by atoms with E-state index in [-0.39, 0.29) is 0 Å². The Kier molecular flexibility index (Phi) is 3.19. The number of fused-ring (bicyclic) bond motifs is 1. The number of piperidine rings is 2. The summed E-state index contributed by atoms with van der Waals surface area (Å²) in [4.78, 5) is 2.73. The van der Waals surface area contributed by atoms with Crippen molar-refractivity contribution in [1.29, 1.82) is 0 Å². The molecule has 3 rings (SSSR count). The van der Waals surface area contributed by atoms with Gasteiger partial charge in [0.1, 0.15) is 0 Å². The third-order valence-electron chi connectivity index (χ3n) is 4.62. The van der Waals surface area contributed by atoms with Crippen LogP contribution in [0.25, 0.3) is 0 Å². The summed E-state index contributed by atoms with van der Waals surface area (Å²) in [6.07, 6.45) is 7.05. The summed E-state index contributed by atoms with van der Waals surface area (Å²) in [6, 6.07) is 10.1. The lowest BCUT2D eigenvalue weighted by Gasteiger charge is -2.42. The average Bonchev–Trinajstić information content (AvgIpc) is 2.39. The van der Waals surface area contributed by atoms with E-state index in [1.54, 1.807) is 5.56 Å². The van der Waals surface area contributed by atoms with Crippen LogP contribution in [0.4, 0.5) is 0 Å². The van der Waals surface area contributed by atoms with Gasteiger partial charge in [0.25, 0.3) is 0 Å². The lowest BCUT2D eigenvalue weighted by Crippen LogP contribution is -2.44. The fraction of sp³-hybridized carbons (Fsp3) is 0.625. The quantitative estimate of drug-likeness (QED) is 0.709. The van der Waals surface area contributed by atoms with Gasteiger partial charge in [-0.05, 0) is 57.2 Å². The SMILES string of the molecule is Cc1ccc(C2CCN3CCCCC3C2)cc1. The van der Waals surface area contributed by atoms with Crippen LogP contribution in [0.1, 0.15) is 49.1 Å². The molecule has 2 unspecified atom stereocenters. The Morgan fingerprint density at radius 2 is 1.82 bits per heavy atom. The van der Waals surface area contributed by atoms with Crippen LogP contribution >= 0.6 is 0 Å². The molecule has 1 aromatic carbocycles. The van der Waals surface area contributed by atoms with Gasteiger partial charge in [-0.15, -0.1) is 0 Å². The summed E-state index contributed by atoms with van der Waals surface area (Å²) in [5.41, 5.74) is 2.95. The first-order valence-electron chi connectivity index (χ1n) is 7.13. The van der Waals surface area contributed by atoms with Crippen molar-refractivity contribution in [2.24, 2.45) is 0 Å². The molecule has 2 aliphatic heterocycles. The van der Waals surface area contributed by atoms with E-state index in [4.69, 9.17) is 0 Å². The number of nitrogens with zero attached hydrogens (tertiary/aromatic N) is 1. The standard InChI is InChI=1S/C16H23N/c1-13-5-7-14(8-6-13)15-9-11-17-10-3-2-4-16(17)12-15/h5-8,15-16H,2-4,9-12H2,1H3. The van der Waals surface area contributed by atoms with E-state index in [9.17, 15) is 0 Å². The molecule has 0 radical (unpaired) electrons. The van der Waals surface area contributed by atoms with Crippen molar-refractivity contribution in [3.05, 3.63) is 35.4 Å². The van der Waals surface area contributed by atoms with E-state index in [2.05, 4.69) is 36.1 Å². The highest BCUT2D eigenvalue weighted by Crippen LogP contribution is 2.35. The second-order valence-corrected chi connectivity index (χ2v) is 5.82. The zero-order chi connectivity index (χ0) is 11.7. The third kappa shape index (κ3) is 2.40. The van der Waals surface area contributed by atoms with Crippen LogP contribution in [-0.4, -0.2) is 24.0 Å². The molecule has 2 aliphatic rings. The minimum Gasteiger partial charge on any atom is -0.300 e. The largest absolute Gasteiger partial charge is 0.300 e. The Labute approximate surface area is 105 Å². The van der Waals surface area contributed by atoms with Gasteiger partial charge in [-0.1, -0.05) is 36.2 Å². The Morgan fingerprint density at radius 1 is 1.00 bits per heavy atom. The number of hydrogen-bond acceptors (Lipinski definition) is 1. The predicted molar refractivity (Wildman–Crippen MR) is 72.4 cm³/mol. The molecule has 0 spiro atoms. The Morgan fingerprint density at radius 3 is 2.65 bits per heavy atom. The molecule has 0 bridgehead atoms. The van der Waals surface area contributed by atoms with Crippen LogP contribution in [0.15, 0.2) is 24.3 Å². The van der Waals surface area contributed by atoms with Gasteiger partial charge in [0.05, 0.1) is 0 Å². The van der Waals surface area contributed by atoms with E-state index < -0.39 is 0 Å². The first-order valence-corrected chi connectivity index (χ1v) is 7.13. The van der Waals surface area contributed by atoms with Crippen molar-refractivity contribution < 1.29 is 0 Å². The highest BCUT2D eigenvalue weighted by molar-refractivity contribution is 5.25. The maximum atomic E-state index is 2.73. The van der Waals surface area contributed by atoms with Crippen LogP contribution in [0, 0.1) is 6.92 Å². The lowest BCUT2D eigenvalue weighted by molar-refractivity contribution is 0.0974. The van der Waals surface area contributed by atoms with Crippen molar-refractivity contribution in [3.63, 3.8) is 0 Å².